The molecular formula is C16H26N2O3S. The van der Waals surface area contributed by atoms with E-state index in [1.165, 1.54) is 7.11 Å². The third kappa shape index (κ3) is 4.44. The minimum Gasteiger partial charge on any atom is -0.383 e. The topological polar surface area (TPSA) is 58.6 Å². The van der Waals surface area contributed by atoms with Gasteiger partial charge in [0.2, 0.25) is 10.0 Å². The summed E-state index contributed by atoms with van der Waals surface area (Å²) in [7, 11) is -1.80. The number of hydrogen-bond donors (Lipinski definition) is 1. The standard InChI is InChI=1S/C16H26N2O3S/c1-3-16(13-21-2)22(19,20)17-14-8-7-11-18(12-14)15-9-5-4-6-10-15/h4-6,9-10,14,16-17H,3,7-8,11-13H2,1-2H3. The van der Waals surface area contributed by atoms with Crippen molar-refractivity contribution in [1.82, 2.24) is 4.72 Å². The van der Waals surface area contributed by atoms with E-state index in [0.29, 0.717) is 13.0 Å². The van der Waals surface area contributed by atoms with Crippen LogP contribution in [0, 0.1) is 0 Å². The fourth-order valence-corrected chi connectivity index (χ4v) is 4.49. The zero-order chi connectivity index (χ0) is 16.0. The van der Waals surface area contributed by atoms with E-state index in [4.69, 9.17) is 4.74 Å². The molecule has 1 fully saturated rings. The van der Waals surface area contributed by atoms with Crippen LogP contribution in [0.3, 0.4) is 0 Å². The normalized spacial score (nSPS) is 20.8. The van der Waals surface area contributed by atoms with E-state index in [2.05, 4.69) is 21.8 Å². The van der Waals surface area contributed by atoms with E-state index >= 15 is 0 Å². The minimum absolute atomic E-state index is 0.0372. The Morgan fingerprint density at radius 2 is 2.09 bits per heavy atom. The number of rotatable bonds is 7. The smallest absolute Gasteiger partial charge is 0.217 e. The number of sulfonamides is 1. The molecular weight excluding hydrogens is 300 g/mol. The van der Waals surface area contributed by atoms with Crippen molar-refractivity contribution in [3.8, 4) is 0 Å². The van der Waals surface area contributed by atoms with Crippen LogP contribution in [0.25, 0.3) is 0 Å². The Morgan fingerprint density at radius 1 is 1.36 bits per heavy atom. The second-order valence-corrected chi connectivity index (χ2v) is 7.76. The van der Waals surface area contributed by atoms with Crippen LogP contribution >= 0.6 is 0 Å². The van der Waals surface area contributed by atoms with E-state index in [1.54, 1.807) is 0 Å². The third-order valence-corrected chi connectivity index (χ3v) is 6.13. The van der Waals surface area contributed by atoms with Gasteiger partial charge in [0.25, 0.3) is 0 Å². The van der Waals surface area contributed by atoms with Gasteiger partial charge in [-0.25, -0.2) is 13.1 Å². The molecule has 1 N–H and O–H groups in total. The van der Waals surface area contributed by atoms with Gasteiger partial charge in [0, 0.05) is 31.9 Å². The Kier molecular flexibility index (Phi) is 6.23. The Hall–Kier alpha value is -1.11. The second kappa shape index (κ2) is 7.94. The van der Waals surface area contributed by atoms with Crippen molar-refractivity contribution < 1.29 is 13.2 Å². The maximum absolute atomic E-state index is 12.5. The predicted molar refractivity (Wildman–Crippen MR) is 89.7 cm³/mol. The van der Waals surface area contributed by atoms with Crippen molar-refractivity contribution >= 4 is 15.7 Å². The van der Waals surface area contributed by atoms with Gasteiger partial charge < -0.3 is 9.64 Å². The van der Waals surface area contributed by atoms with Crippen LogP contribution in [0.15, 0.2) is 30.3 Å². The van der Waals surface area contributed by atoms with Gasteiger partial charge in [0.15, 0.2) is 0 Å². The lowest BCUT2D eigenvalue weighted by molar-refractivity contribution is 0.195. The molecule has 0 spiro atoms. The van der Waals surface area contributed by atoms with Gasteiger partial charge in [-0.1, -0.05) is 25.1 Å². The fraction of sp³-hybridized carbons (Fsp3) is 0.625. The number of ether oxygens (including phenoxy) is 1. The van der Waals surface area contributed by atoms with E-state index in [1.807, 2.05) is 25.1 Å². The highest BCUT2D eigenvalue weighted by atomic mass is 32.2. The van der Waals surface area contributed by atoms with Crippen molar-refractivity contribution in [2.45, 2.75) is 37.5 Å². The molecule has 1 saturated heterocycles. The molecule has 0 aliphatic carbocycles. The van der Waals surface area contributed by atoms with E-state index in [0.717, 1.165) is 25.1 Å². The number of nitrogens with zero attached hydrogens (tertiary/aromatic N) is 1. The summed E-state index contributed by atoms with van der Waals surface area (Å²) in [6.07, 6.45) is 2.42. The number of benzene rings is 1. The first-order valence-electron chi connectivity index (χ1n) is 7.87. The SMILES string of the molecule is CCC(COC)S(=O)(=O)NC1CCCN(c2ccccc2)C1. The quantitative estimate of drug-likeness (QED) is 0.832. The maximum atomic E-state index is 12.5. The molecule has 124 valence electrons. The van der Waals surface area contributed by atoms with Crippen LogP contribution in [-0.4, -0.2) is 46.5 Å². The summed E-state index contributed by atoms with van der Waals surface area (Å²) in [5.74, 6) is 0. The van der Waals surface area contributed by atoms with Gasteiger partial charge in [-0.2, -0.15) is 0 Å². The van der Waals surface area contributed by atoms with Crippen LogP contribution in [-0.2, 0) is 14.8 Å². The van der Waals surface area contributed by atoms with Crippen LogP contribution in [0.1, 0.15) is 26.2 Å². The number of methoxy groups -OCH3 is 1. The highest BCUT2D eigenvalue weighted by molar-refractivity contribution is 7.90. The summed E-state index contributed by atoms with van der Waals surface area (Å²) < 4.78 is 32.8. The molecule has 1 heterocycles. The summed E-state index contributed by atoms with van der Waals surface area (Å²) in [4.78, 5) is 2.24. The highest BCUT2D eigenvalue weighted by Crippen LogP contribution is 2.20. The molecule has 22 heavy (non-hydrogen) atoms. The number of para-hydroxylation sites is 1. The average molecular weight is 326 g/mol. The van der Waals surface area contributed by atoms with E-state index in [9.17, 15) is 8.42 Å². The molecule has 0 aromatic heterocycles. The van der Waals surface area contributed by atoms with Crippen LogP contribution < -0.4 is 9.62 Å². The van der Waals surface area contributed by atoms with Crippen LogP contribution in [0.4, 0.5) is 5.69 Å². The molecule has 6 heteroatoms. The monoisotopic (exact) mass is 326 g/mol. The van der Waals surface area contributed by atoms with Gasteiger partial charge in [-0.3, -0.25) is 0 Å². The molecule has 1 aliphatic heterocycles. The number of piperidine rings is 1. The molecule has 2 atom stereocenters. The summed E-state index contributed by atoms with van der Waals surface area (Å²) in [6.45, 7) is 3.80. The summed E-state index contributed by atoms with van der Waals surface area (Å²) in [6, 6.07) is 10.1. The summed E-state index contributed by atoms with van der Waals surface area (Å²) >= 11 is 0. The maximum Gasteiger partial charge on any atom is 0.217 e. The van der Waals surface area contributed by atoms with Crippen molar-refractivity contribution in [3.63, 3.8) is 0 Å². The second-order valence-electron chi connectivity index (χ2n) is 5.77. The Morgan fingerprint density at radius 3 is 2.73 bits per heavy atom. The zero-order valence-electron chi connectivity index (χ0n) is 13.4. The van der Waals surface area contributed by atoms with E-state index < -0.39 is 15.3 Å². The molecule has 0 bridgehead atoms. The number of hydrogen-bond acceptors (Lipinski definition) is 4. The molecule has 2 rings (SSSR count). The molecule has 5 nitrogen and oxygen atoms in total. The Balaban J connectivity index is 2.01. The Bertz CT molecular complexity index is 548. The average Bonchev–Trinajstić information content (AvgIpc) is 2.53. The van der Waals surface area contributed by atoms with Gasteiger partial charge in [-0.15, -0.1) is 0 Å². The van der Waals surface area contributed by atoms with Gasteiger partial charge in [-0.05, 0) is 31.4 Å². The molecule has 1 aliphatic rings. The number of nitrogens with one attached hydrogen (secondary N) is 1. The first-order chi connectivity index (χ1) is 10.6. The molecule has 0 radical (unpaired) electrons. The lowest BCUT2D eigenvalue weighted by atomic mass is 10.1. The van der Waals surface area contributed by atoms with Gasteiger partial charge >= 0.3 is 0 Å². The van der Waals surface area contributed by atoms with Crippen LogP contribution in [0.5, 0.6) is 0 Å². The van der Waals surface area contributed by atoms with Crippen LogP contribution in [0.2, 0.25) is 0 Å². The lowest BCUT2D eigenvalue weighted by Crippen LogP contribution is -2.50. The number of anilines is 1. The molecule has 0 saturated carbocycles. The molecule has 0 amide bonds. The fourth-order valence-electron chi connectivity index (χ4n) is 2.89. The van der Waals surface area contributed by atoms with Crippen molar-refractivity contribution in [3.05, 3.63) is 30.3 Å². The summed E-state index contributed by atoms with van der Waals surface area (Å²) in [5, 5.41) is -0.482. The van der Waals surface area contributed by atoms with Crippen molar-refractivity contribution in [1.29, 1.82) is 0 Å². The molecule has 1 aromatic carbocycles. The first-order valence-corrected chi connectivity index (χ1v) is 9.41. The third-order valence-electron chi connectivity index (χ3n) is 4.12. The minimum atomic E-state index is -3.34. The van der Waals surface area contributed by atoms with Gasteiger partial charge in [0.1, 0.15) is 0 Å². The first kappa shape index (κ1) is 17.2. The van der Waals surface area contributed by atoms with E-state index in [-0.39, 0.29) is 12.6 Å². The molecule has 1 aromatic rings. The molecule has 2 unspecified atom stereocenters. The highest BCUT2D eigenvalue weighted by Gasteiger charge is 2.29. The predicted octanol–water partition coefficient (Wildman–Crippen LogP) is 2.00. The Labute approximate surface area is 133 Å². The summed E-state index contributed by atoms with van der Waals surface area (Å²) in [5.41, 5.74) is 1.15. The lowest BCUT2D eigenvalue weighted by Gasteiger charge is -2.35. The van der Waals surface area contributed by atoms with Gasteiger partial charge in [0.05, 0.1) is 11.9 Å². The van der Waals surface area contributed by atoms with Crippen molar-refractivity contribution in [2.75, 3.05) is 31.7 Å². The largest absolute Gasteiger partial charge is 0.383 e. The zero-order valence-corrected chi connectivity index (χ0v) is 14.2. The van der Waals surface area contributed by atoms with Crippen molar-refractivity contribution in [2.24, 2.45) is 0 Å².